The molecule has 0 fully saturated rings. The molecule has 0 bridgehead atoms. The van der Waals surface area contributed by atoms with Gasteiger partial charge in [-0.15, -0.1) is 11.3 Å². The lowest BCUT2D eigenvalue weighted by Gasteiger charge is -2.05. The lowest BCUT2D eigenvalue weighted by Crippen LogP contribution is -2.10. The molecule has 1 heterocycles. The maximum atomic E-state index is 11.7. The summed E-state index contributed by atoms with van der Waals surface area (Å²) >= 11 is 1.58. The molecule has 90 valence electrons. The molecule has 1 rings (SSSR count). The second kappa shape index (κ2) is 6.04. The van der Waals surface area contributed by atoms with E-state index < -0.39 is 0 Å². The highest BCUT2D eigenvalue weighted by Crippen LogP contribution is 2.25. The van der Waals surface area contributed by atoms with Crippen molar-refractivity contribution in [2.45, 2.75) is 53.1 Å². The molecule has 0 aromatic carbocycles. The largest absolute Gasteiger partial charge is 0.459 e. The number of rotatable bonds is 5. The Kier molecular flexibility index (Phi) is 5.00. The summed E-state index contributed by atoms with van der Waals surface area (Å²) in [6.07, 6.45) is 3.12. The molecule has 16 heavy (non-hydrogen) atoms. The van der Waals surface area contributed by atoms with Crippen LogP contribution in [-0.2, 0) is 17.6 Å². The van der Waals surface area contributed by atoms with Crippen LogP contribution in [0.5, 0.6) is 0 Å². The third-order valence-electron chi connectivity index (χ3n) is 2.30. The zero-order valence-electron chi connectivity index (χ0n) is 10.5. The lowest BCUT2D eigenvalue weighted by molar-refractivity contribution is 0.0384. The van der Waals surface area contributed by atoms with Gasteiger partial charge in [-0.1, -0.05) is 20.3 Å². The van der Waals surface area contributed by atoms with E-state index >= 15 is 0 Å². The first-order valence-corrected chi connectivity index (χ1v) is 6.72. The number of hydrogen-bond acceptors (Lipinski definition) is 3. The van der Waals surface area contributed by atoms with Crippen LogP contribution in [0, 0.1) is 0 Å². The van der Waals surface area contributed by atoms with E-state index in [-0.39, 0.29) is 12.1 Å². The number of ether oxygens (including phenoxy) is 1. The van der Waals surface area contributed by atoms with Gasteiger partial charge in [-0.3, -0.25) is 0 Å². The number of carbonyl (C=O) groups is 1. The monoisotopic (exact) mass is 240 g/mol. The lowest BCUT2D eigenvalue weighted by atomic mass is 10.1. The number of carbonyl (C=O) groups excluding carboxylic acids is 1. The van der Waals surface area contributed by atoms with Gasteiger partial charge >= 0.3 is 5.97 Å². The average molecular weight is 240 g/mol. The Labute approximate surface area is 102 Å². The molecule has 0 aliphatic rings. The summed E-state index contributed by atoms with van der Waals surface area (Å²) in [5, 5.41) is 0. The van der Waals surface area contributed by atoms with Crippen LogP contribution >= 0.6 is 11.3 Å². The molecule has 0 aliphatic carbocycles. The van der Waals surface area contributed by atoms with Crippen molar-refractivity contribution < 1.29 is 9.53 Å². The molecule has 0 radical (unpaired) electrons. The smallest absolute Gasteiger partial charge is 0.348 e. The molecule has 0 spiro atoms. The van der Waals surface area contributed by atoms with E-state index in [0.717, 1.165) is 24.1 Å². The van der Waals surface area contributed by atoms with Crippen molar-refractivity contribution in [3.63, 3.8) is 0 Å². The third-order valence-corrected chi connectivity index (χ3v) is 3.52. The maximum absolute atomic E-state index is 11.7. The van der Waals surface area contributed by atoms with E-state index in [2.05, 4.69) is 13.8 Å². The summed E-state index contributed by atoms with van der Waals surface area (Å²) in [7, 11) is 0. The first-order chi connectivity index (χ1) is 7.58. The normalized spacial score (nSPS) is 10.8. The van der Waals surface area contributed by atoms with E-state index in [4.69, 9.17) is 4.74 Å². The van der Waals surface area contributed by atoms with Crippen molar-refractivity contribution in [1.29, 1.82) is 0 Å². The van der Waals surface area contributed by atoms with Gasteiger partial charge in [0.15, 0.2) is 0 Å². The van der Waals surface area contributed by atoms with E-state index in [0.29, 0.717) is 0 Å². The molecule has 2 nitrogen and oxygen atoms in total. The summed E-state index contributed by atoms with van der Waals surface area (Å²) in [5.41, 5.74) is 1.29. The highest BCUT2D eigenvalue weighted by Gasteiger charge is 2.15. The molecule has 0 atom stereocenters. The molecular formula is C13H20O2S. The second-order valence-corrected chi connectivity index (χ2v) is 5.25. The Morgan fingerprint density at radius 3 is 2.62 bits per heavy atom. The summed E-state index contributed by atoms with van der Waals surface area (Å²) in [4.78, 5) is 13.8. The number of esters is 1. The van der Waals surface area contributed by atoms with Crippen molar-refractivity contribution in [1.82, 2.24) is 0 Å². The van der Waals surface area contributed by atoms with Gasteiger partial charge in [0.1, 0.15) is 4.88 Å². The molecule has 0 amide bonds. The van der Waals surface area contributed by atoms with Crippen molar-refractivity contribution >= 4 is 17.3 Å². The van der Waals surface area contributed by atoms with Gasteiger partial charge in [-0.2, -0.15) is 0 Å². The van der Waals surface area contributed by atoms with Crippen LogP contribution < -0.4 is 0 Å². The first kappa shape index (κ1) is 13.2. The zero-order chi connectivity index (χ0) is 12.1. The molecule has 0 unspecified atom stereocenters. The van der Waals surface area contributed by atoms with E-state index in [9.17, 15) is 4.79 Å². The van der Waals surface area contributed by atoms with E-state index in [1.807, 2.05) is 19.9 Å². The van der Waals surface area contributed by atoms with Crippen LogP contribution in [0.4, 0.5) is 0 Å². The Morgan fingerprint density at radius 2 is 2.12 bits per heavy atom. The molecule has 0 saturated carbocycles. The quantitative estimate of drug-likeness (QED) is 0.731. The fourth-order valence-corrected chi connectivity index (χ4v) is 2.82. The van der Waals surface area contributed by atoms with Gasteiger partial charge in [0.2, 0.25) is 0 Å². The molecule has 0 saturated heterocycles. The summed E-state index contributed by atoms with van der Waals surface area (Å²) in [5.74, 6) is -0.183. The SMILES string of the molecule is CCCc1sc(C(=O)OC(C)C)cc1CC. The van der Waals surface area contributed by atoms with Crippen molar-refractivity contribution in [3.8, 4) is 0 Å². The molecule has 1 aromatic rings. The summed E-state index contributed by atoms with van der Waals surface area (Å²) in [6.45, 7) is 8.03. The Bertz CT molecular complexity index is 353. The van der Waals surface area contributed by atoms with Gasteiger partial charge in [-0.25, -0.2) is 4.79 Å². The van der Waals surface area contributed by atoms with Gasteiger partial charge in [-0.05, 0) is 38.3 Å². The molecule has 3 heteroatoms. The summed E-state index contributed by atoms with van der Waals surface area (Å²) < 4.78 is 5.20. The maximum Gasteiger partial charge on any atom is 0.348 e. The van der Waals surface area contributed by atoms with E-state index in [1.54, 1.807) is 11.3 Å². The molecular weight excluding hydrogens is 220 g/mol. The minimum atomic E-state index is -0.183. The highest BCUT2D eigenvalue weighted by atomic mass is 32.1. The second-order valence-electron chi connectivity index (χ2n) is 4.12. The van der Waals surface area contributed by atoms with Crippen molar-refractivity contribution in [3.05, 3.63) is 21.4 Å². The third kappa shape index (κ3) is 3.34. The first-order valence-electron chi connectivity index (χ1n) is 5.91. The van der Waals surface area contributed by atoms with Crippen LogP contribution in [0.2, 0.25) is 0 Å². The van der Waals surface area contributed by atoms with E-state index in [1.165, 1.54) is 10.4 Å². The molecule has 0 aliphatic heterocycles. The Hall–Kier alpha value is -0.830. The van der Waals surface area contributed by atoms with Crippen LogP contribution in [0.1, 0.15) is 54.2 Å². The summed E-state index contributed by atoms with van der Waals surface area (Å²) in [6, 6.07) is 1.99. The molecule has 1 aromatic heterocycles. The van der Waals surface area contributed by atoms with Crippen molar-refractivity contribution in [2.24, 2.45) is 0 Å². The standard InChI is InChI=1S/C13H20O2S/c1-5-7-11-10(6-2)8-12(16-11)13(14)15-9(3)4/h8-9H,5-7H2,1-4H3. The van der Waals surface area contributed by atoms with Gasteiger partial charge in [0.25, 0.3) is 0 Å². The van der Waals surface area contributed by atoms with Crippen LogP contribution in [-0.4, -0.2) is 12.1 Å². The van der Waals surface area contributed by atoms with Crippen LogP contribution in [0.25, 0.3) is 0 Å². The average Bonchev–Trinajstić information content (AvgIpc) is 2.61. The fraction of sp³-hybridized carbons (Fsp3) is 0.615. The van der Waals surface area contributed by atoms with Gasteiger partial charge in [0, 0.05) is 4.88 Å². The fourth-order valence-electron chi connectivity index (χ4n) is 1.58. The Balaban J connectivity index is 2.85. The van der Waals surface area contributed by atoms with Crippen LogP contribution in [0.15, 0.2) is 6.07 Å². The number of hydrogen-bond donors (Lipinski definition) is 0. The number of thiophene rings is 1. The Morgan fingerprint density at radius 1 is 1.44 bits per heavy atom. The molecule has 0 N–H and O–H groups in total. The minimum Gasteiger partial charge on any atom is -0.459 e. The predicted molar refractivity (Wildman–Crippen MR) is 68.2 cm³/mol. The number of aryl methyl sites for hydroxylation is 2. The van der Waals surface area contributed by atoms with Crippen LogP contribution in [0.3, 0.4) is 0 Å². The van der Waals surface area contributed by atoms with Gasteiger partial charge < -0.3 is 4.74 Å². The zero-order valence-corrected chi connectivity index (χ0v) is 11.3. The predicted octanol–water partition coefficient (Wildman–Crippen LogP) is 3.83. The highest BCUT2D eigenvalue weighted by molar-refractivity contribution is 7.14. The minimum absolute atomic E-state index is 0.0469. The van der Waals surface area contributed by atoms with Crippen molar-refractivity contribution in [2.75, 3.05) is 0 Å². The van der Waals surface area contributed by atoms with Gasteiger partial charge in [0.05, 0.1) is 6.10 Å². The topological polar surface area (TPSA) is 26.3 Å².